The van der Waals surface area contributed by atoms with Crippen molar-refractivity contribution in [3.05, 3.63) is 45.0 Å². The van der Waals surface area contributed by atoms with Crippen LogP contribution in [0.1, 0.15) is 21.2 Å². The summed E-state index contributed by atoms with van der Waals surface area (Å²) in [5, 5.41) is 0. The number of halogens is 1. The molecule has 0 fully saturated rings. The van der Waals surface area contributed by atoms with Crippen molar-refractivity contribution in [3.8, 4) is 0 Å². The monoisotopic (exact) mass is 226 g/mol. The zero-order valence-electron chi connectivity index (χ0n) is 7.41. The molecule has 0 saturated heterocycles. The van der Waals surface area contributed by atoms with E-state index in [2.05, 4.69) is 0 Å². The first-order valence-corrected chi connectivity index (χ1v) is 5.23. The molecule has 0 amide bonds. The molecule has 14 heavy (non-hydrogen) atoms. The molecule has 2 nitrogen and oxygen atoms in total. The fraction of sp³-hybridized carbons (Fsp3) is 0.100. The van der Waals surface area contributed by atoms with Gasteiger partial charge >= 0.3 is 0 Å². The molecule has 2 rings (SSSR count). The molecule has 72 valence electrons. The van der Waals surface area contributed by atoms with Crippen molar-refractivity contribution in [2.75, 3.05) is 0 Å². The number of carbonyl (C=O) groups is 1. The Morgan fingerprint density at radius 1 is 1.36 bits per heavy atom. The van der Waals surface area contributed by atoms with E-state index < -0.39 is 0 Å². The minimum absolute atomic E-state index is 0.116. The summed E-state index contributed by atoms with van der Waals surface area (Å²) in [5.41, 5.74) is 0. The number of hydrogen-bond donors (Lipinski definition) is 0. The van der Waals surface area contributed by atoms with Crippen LogP contribution in [0.3, 0.4) is 0 Å². The highest BCUT2D eigenvalue weighted by atomic mass is 35.5. The van der Waals surface area contributed by atoms with Gasteiger partial charge in [-0.25, -0.2) is 0 Å². The lowest BCUT2D eigenvalue weighted by Crippen LogP contribution is -1.95. The number of rotatable bonds is 2. The maximum absolute atomic E-state index is 11.7. The lowest BCUT2D eigenvalue weighted by Gasteiger charge is -1.90. The number of ketones is 1. The van der Waals surface area contributed by atoms with E-state index in [-0.39, 0.29) is 5.78 Å². The quantitative estimate of drug-likeness (QED) is 0.734. The van der Waals surface area contributed by atoms with Crippen LogP contribution < -0.4 is 0 Å². The van der Waals surface area contributed by atoms with Gasteiger partial charge in [0, 0.05) is 0 Å². The molecule has 0 aliphatic rings. The molecule has 0 radical (unpaired) electrons. The molecule has 0 aromatic carbocycles. The second-order valence-electron chi connectivity index (χ2n) is 2.84. The van der Waals surface area contributed by atoms with Crippen molar-refractivity contribution in [1.82, 2.24) is 0 Å². The lowest BCUT2D eigenvalue weighted by molar-refractivity contribution is 0.101. The highest BCUT2D eigenvalue weighted by Crippen LogP contribution is 2.24. The number of hydrogen-bond acceptors (Lipinski definition) is 3. The summed E-state index contributed by atoms with van der Waals surface area (Å²) < 4.78 is 5.83. The van der Waals surface area contributed by atoms with Gasteiger partial charge in [-0.15, -0.1) is 11.3 Å². The van der Waals surface area contributed by atoms with Crippen molar-refractivity contribution in [3.63, 3.8) is 0 Å². The summed E-state index contributed by atoms with van der Waals surface area (Å²) in [6.07, 6.45) is 0. The molecule has 0 aliphatic carbocycles. The molecule has 0 unspecified atom stereocenters. The van der Waals surface area contributed by atoms with Gasteiger partial charge in [-0.05, 0) is 31.2 Å². The zero-order chi connectivity index (χ0) is 10.1. The predicted molar refractivity (Wildman–Crippen MR) is 56.2 cm³/mol. The summed E-state index contributed by atoms with van der Waals surface area (Å²) >= 11 is 6.99. The van der Waals surface area contributed by atoms with Gasteiger partial charge in [0.1, 0.15) is 5.76 Å². The molecule has 0 N–H and O–H groups in total. The van der Waals surface area contributed by atoms with Gasteiger partial charge in [0.25, 0.3) is 0 Å². The van der Waals surface area contributed by atoms with Gasteiger partial charge in [-0.1, -0.05) is 11.6 Å². The number of thiophene rings is 1. The highest BCUT2D eigenvalue weighted by Gasteiger charge is 2.14. The van der Waals surface area contributed by atoms with E-state index >= 15 is 0 Å². The van der Waals surface area contributed by atoms with E-state index in [1.165, 1.54) is 11.3 Å². The molecule has 2 heterocycles. The third-order valence-corrected chi connectivity index (χ3v) is 2.99. The van der Waals surface area contributed by atoms with Gasteiger partial charge in [0.05, 0.1) is 9.21 Å². The van der Waals surface area contributed by atoms with Gasteiger partial charge in [-0.3, -0.25) is 4.79 Å². The molecule has 4 heteroatoms. The van der Waals surface area contributed by atoms with E-state index in [4.69, 9.17) is 16.0 Å². The van der Waals surface area contributed by atoms with Gasteiger partial charge in [0.15, 0.2) is 5.76 Å². The average Bonchev–Trinajstić information content (AvgIpc) is 2.73. The predicted octanol–water partition coefficient (Wildman–Crippen LogP) is 3.53. The summed E-state index contributed by atoms with van der Waals surface area (Å²) in [6, 6.07) is 6.84. The number of carbonyl (C=O) groups excluding carboxylic acids is 1. The van der Waals surface area contributed by atoms with E-state index in [0.717, 1.165) is 5.76 Å². The smallest absolute Gasteiger partial charge is 0.238 e. The third kappa shape index (κ3) is 1.74. The minimum Gasteiger partial charge on any atom is -0.458 e. The Balaban J connectivity index is 2.33. The molecule has 0 bridgehead atoms. The van der Waals surface area contributed by atoms with E-state index in [0.29, 0.717) is 15.0 Å². The Morgan fingerprint density at radius 3 is 2.64 bits per heavy atom. The lowest BCUT2D eigenvalue weighted by atomic mass is 10.2. The molecule has 0 saturated carbocycles. The fourth-order valence-corrected chi connectivity index (χ4v) is 2.10. The third-order valence-electron chi connectivity index (χ3n) is 1.76. The van der Waals surface area contributed by atoms with Crippen LogP contribution in [0.25, 0.3) is 0 Å². The molecule has 0 atom stereocenters. The first kappa shape index (κ1) is 9.49. The Labute approximate surface area is 90.1 Å². The van der Waals surface area contributed by atoms with E-state index in [1.807, 2.05) is 0 Å². The normalized spacial score (nSPS) is 10.4. The van der Waals surface area contributed by atoms with Crippen molar-refractivity contribution in [1.29, 1.82) is 0 Å². The van der Waals surface area contributed by atoms with Gasteiger partial charge < -0.3 is 4.42 Å². The van der Waals surface area contributed by atoms with Gasteiger partial charge in [0.2, 0.25) is 5.78 Å². The van der Waals surface area contributed by atoms with Crippen LogP contribution in [0.15, 0.2) is 28.7 Å². The van der Waals surface area contributed by atoms with Gasteiger partial charge in [-0.2, -0.15) is 0 Å². The topological polar surface area (TPSA) is 30.2 Å². The van der Waals surface area contributed by atoms with E-state index in [9.17, 15) is 4.79 Å². The Kier molecular flexibility index (Phi) is 2.44. The molecule has 2 aromatic rings. The minimum atomic E-state index is -0.116. The van der Waals surface area contributed by atoms with Crippen molar-refractivity contribution < 1.29 is 9.21 Å². The molecule has 0 spiro atoms. The zero-order valence-corrected chi connectivity index (χ0v) is 8.98. The number of furan rings is 1. The number of aryl methyl sites for hydroxylation is 1. The van der Waals surface area contributed by atoms with Crippen LogP contribution in [0, 0.1) is 6.92 Å². The summed E-state index contributed by atoms with van der Waals surface area (Å²) in [5.74, 6) is 0.979. The van der Waals surface area contributed by atoms with Crippen molar-refractivity contribution in [2.45, 2.75) is 6.92 Å². The standard InChI is InChI=1S/C10H7ClO2S/c1-6-2-3-7(13-6)10(12)8-4-5-9(11)14-8/h2-5H,1H3. The summed E-state index contributed by atoms with van der Waals surface area (Å²) in [6.45, 7) is 1.80. The Bertz CT molecular complexity index is 428. The Hall–Kier alpha value is -1.06. The van der Waals surface area contributed by atoms with E-state index in [1.54, 1.807) is 31.2 Å². The maximum Gasteiger partial charge on any atom is 0.238 e. The van der Waals surface area contributed by atoms with Crippen molar-refractivity contribution >= 4 is 28.7 Å². The van der Waals surface area contributed by atoms with Crippen LogP contribution in [-0.4, -0.2) is 5.78 Å². The molecular weight excluding hydrogens is 220 g/mol. The fourth-order valence-electron chi connectivity index (χ4n) is 1.11. The molecule has 2 aromatic heterocycles. The van der Waals surface area contributed by atoms with Crippen LogP contribution in [-0.2, 0) is 0 Å². The van der Waals surface area contributed by atoms with Crippen LogP contribution in [0.5, 0.6) is 0 Å². The second-order valence-corrected chi connectivity index (χ2v) is 4.56. The van der Waals surface area contributed by atoms with Crippen LogP contribution in [0.2, 0.25) is 4.34 Å². The average molecular weight is 227 g/mol. The molecular formula is C10H7ClO2S. The SMILES string of the molecule is Cc1ccc(C(=O)c2ccc(Cl)s2)o1. The van der Waals surface area contributed by atoms with Crippen LogP contribution in [0.4, 0.5) is 0 Å². The van der Waals surface area contributed by atoms with Crippen molar-refractivity contribution in [2.24, 2.45) is 0 Å². The van der Waals surface area contributed by atoms with Crippen LogP contribution >= 0.6 is 22.9 Å². The largest absolute Gasteiger partial charge is 0.458 e. The Morgan fingerprint density at radius 2 is 2.14 bits per heavy atom. The second kappa shape index (κ2) is 3.59. The first-order chi connectivity index (χ1) is 6.66. The summed E-state index contributed by atoms with van der Waals surface area (Å²) in [7, 11) is 0. The summed E-state index contributed by atoms with van der Waals surface area (Å²) in [4.78, 5) is 12.3. The highest BCUT2D eigenvalue weighted by molar-refractivity contribution is 7.18. The first-order valence-electron chi connectivity index (χ1n) is 4.03. The molecule has 0 aliphatic heterocycles. The maximum atomic E-state index is 11.7.